The number of allylic oxidation sites excluding steroid dienone is 1. The summed E-state index contributed by atoms with van der Waals surface area (Å²) in [6.45, 7) is 4.07. The SMILES string of the molecule is CCOc1c(Br)cc(C=CC(C)=O)cc1Br. The van der Waals surface area contributed by atoms with E-state index in [1.165, 1.54) is 13.0 Å². The highest BCUT2D eigenvalue weighted by Crippen LogP contribution is 2.35. The lowest BCUT2D eigenvalue weighted by atomic mass is 10.2. The van der Waals surface area contributed by atoms with Crippen LogP contribution in [-0.2, 0) is 4.79 Å². The van der Waals surface area contributed by atoms with Gasteiger partial charge in [-0.15, -0.1) is 0 Å². The number of hydrogen-bond donors (Lipinski definition) is 0. The summed E-state index contributed by atoms with van der Waals surface area (Å²) in [6, 6.07) is 3.82. The van der Waals surface area contributed by atoms with Gasteiger partial charge in [-0.3, -0.25) is 4.79 Å². The smallest absolute Gasteiger partial charge is 0.152 e. The van der Waals surface area contributed by atoms with Crippen molar-refractivity contribution < 1.29 is 9.53 Å². The maximum Gasteiger partial charge on any atom is 0.152 e. The van der Waals surface area contributed by atoms with Gasteiger partial charge in [-0.2, -0.15) is 0 Å². The first-order valence-corrected chi connectivity index (χ1v) is 6.43. The lowest BCUT2D eigenvalue weighted by Gasteiger charge is -2.09. The highest BCUT2D eigenvalue weighted by atomic mass is 79.9. The Morgan fingerprint density at radius 1 is 1.38 bits per heavy atom. The molecule has 4 heteroatoms. The Bertz CT molecular complexity index is 402. The summed E-state index contributed by atoms with van der Waals surface area (Å²) in [5.41, 5.74) is 0.942. The first-order valence-electron chi connectivity index (χ1n) is 4.85. The van der Waals surface area contributed by atoms with Crippen molar-refractivity contribution in [2.75, 3.05) is 6.61 Å². The topological polar surface area (TPSA) is 26.3 Å². The molecule has 0 unspecified atom stereocenters. The van der Waals surface area contributed by atoms with E-state index in [0.29, 0.717) is 6.61 Å². The van der Waals surface area contributed by atoms with Gasteiger partial charge in [0.05, 0.1) is 15.6 Å². The van der Waals surface area contributed by atoms with E-state index in [1.54, 1.807) is 6.08 Å². The standard InChI is InChI=1S/C12H12Br2O2/c1-3-16-12-10(13)6-9(7-11(12)14)5-4-8(2)15/h4-7H,3H2,1-2H3. The third kappa shape index (κ3) is 3.76. The third-order valence-electron chi connectivity index (χ3n) is 1.82. The molecular formula is C12H12Br2O2. The molecule has 0 saturated heterocycles. The molecule has 0 aliphatic carbocycles. The third-order valence-corrected chi connectivity index (χ3v) is 3.00. The van der Waals surface area contributed by atoms with Crippen molar-refractivity contribution in [2.24, 2.45) is 0 Å². The van der Waals surface area contributed by atoms with Gasteiger partial charge in [-0.1, -0.05) is 6.08 Å². The number of halogens is 2. The van der Waals surface area contributed by atoms with Gasteiger partial charge in [0.1, 0.15) is 5.75 Å². The van der Waals surface area contributed by atoms with Gasteiger partial charge in [0, 0.05) is 0 Å². The average molecular weight is 348 g/mol. The fourth-order valence-corrected chi connectivity index (χ4v) is 2.62. The summed E-state index contributed by atoms with van der Waals surface area (Å²) in [5, 5.41) is 0. The lowest BCUT2D eigenvalue weighted by molar-refractivity contribution is -0.112. The molecule has 0 atom stereocenters. The van der Waals surface area contributed by atoms with Crippen molar-refractivity contribution in [3.63, 3.8) is 0 Å². The van der Waals surface area contributed by atoms with E-state index >= 15 is 0 Å². The first-order chi connectivity index (χ1) is 7.54. The van der Waals surface area contributed by atoms with E-state index in [0.717, 1.165) is 20.3 Å². The number of carbonyl (C=O) groups is 1. The molecule has 0 saturated carbocycles. The molecule has 2 nitrogen and oxygen atoms in total. The van der Waals surface area contributed by atoms with Crippen molar-refractivity contribution in [2.45, 2.75) is 13.8 Å². The lowest BCUT2D eigenvalue weighted by Crippen LogP contribution is -1.94. The Labute approximate surface area is 112 Å². The number of rotatable bonds is 4. The van der Waals surface area contributed by atoms with Crippen LogP contribution in [0.3, 0.4) is 0 Å². The number of benzene rings is 1. The van der Waals surface area contributed by atoms with Gasteiger partial charge in [-0.25, -0.2) is 0 Å². The van der Waals surface area contributed by atoms with Gasteiger partial charge in [0.25, 0.3) is 0 Å². The Morgan fingerprint density at radius 2 is 1.94 bits per heavy atom. The molecular weight excluding hydrogens is 336 g/mol. The molecule has 0 heterocycles. The maximum atomic E-state index is 10.8. The summed E-state index contributed by atoms with van der Waals surface area (Å²) in [4.78, 5) is 10.8. The van der Waals surface area contributed by atoms with Crippen LogP contribution in [0.2, 0.25) is 0 Å². The van der Waals surface area contributed by atoms with Crippen LogP contribution in [0.5, 0.6) is 5.75 Å². The van der Waals surface area contributed by atoms with Crippen LogP contribution in [0.25, 0.3) is 6.08 Å². The van der Waals surface area contributed by atoms with Gasteiger partial charge >= 0.3 is 0 Å². The minimum atomic E-state index is 0.0288. The average Bonchev–Trinajstić information content (AvgIpc) is 2.20. The number of carbonyl (C=O) groups excluding carboxylic acids is 1. The summed E-state index contributed by atoms with van der Waals surface area (Å²) >= 11 is 6.86. The largest absolute Gasteiger partial charge is 0.492 e. The molecule has 0 aliphatic rings. The summed E-state index contributed by atoms with van der Waals surface area (Å²) in [5.74, 6) is 0.809. The van der Waals surface area contributed by atoms with Gasteiger partial charge in [-0.05, 0) is 69.5 Å². The zero-order chi connectivity index (χ0) is 12.1. The monoisotopic (exact) mass is 346 g/mol. The zero-order valence-electron chi connectivity index (χ0n) is 9.09. The van der Waals surface area contributed by atoms with Crippen molar-refractivity contribution in [1.29, 1.82) is 0 Å². The second kappa shape index (κ2) is 6.21. The predicted octanol–water partition coefficient (Wildman–Crippen LogP) is 4.21. The maximum absolute atomic E-state index is 10.8. The van der Waals surface area contributed by atoms with E-state index < -0.39 is 0 Å². The van der Waals surface area contributed by atoms with Crippen LogP contribution in [0.1, 0.15) is 19.4 Å². The van der Waals surface area contributed by atoms with Gasteiger partial charge in [0.2, 0.25) is 0 Å². The summed E-state index contributed by atoms with van der Waals surface area (Å²) < 4.78 is 7.20. The van der Waals surface area contributed by atoms with Crippen LogP contribution >= 0.6 is 31.9 Å². The van der Waals surface area contributed by atoms with Crippen molar-refractivity contribution in [3.8, 4) is 5.75 Å². The second-order valence-corrected chi connectivity index (χ2v) is 4.90. The van der Waals surface area contributed by atoms with Crippen molar-refractivity contribution in [3.05, 3.63) is 32.7 Å². The normalized spacial score (nSPS) is 10.8. The zero-order valence-corrected chi connectivity index (χ0v) is 12.3. The molecule has 1 aromatic rings. The Kier molecular flexibility index (Phi) is 5.22. The fourth-order valence-electron chi connectivity index (χ4n) is 1.17. The Morgan fingerprint density at radius 3 is 2.38 bits per heavy atom. The molecule has 0 bridgehead atoms. The quantitative estimate of drug-likeness (QED) is 0.762. The first kappa shape index (κ1) is 13.5. The van der Waals surface area contributed by atoms with Gasteiger partial charge < -0.3 is 4.74 Å². The number of ether oxygens (including phenoxy) is 1. The number of hydrogen-bond acceptors (Lipinski definition) is 2. The van der Waals surface area contributed by atoms with Crippen LogP contribution in [0.15, 0.2) is 27.2 Å². The Balaban J connectivity index is 3.04. The second-order valence-electron chi connectivity index (χ2n) is 3.19. The highest BCUT2D eigenvalue weighted by molar-refractivity contribution is 9.11. The molecule has 0 radical (unpaired) electrons. The Hall–Kier alpha value is -0.610. The fraction of sp³-hybridized carbons (Fsp3) is 0.250. The van der Waals surface area contributed by atoms with Crippen LogP contribution in [0, 0.1) is 0 Å². The van der Waals surface area contributed by atoms with E-state index in [-0.39, 0.29) is 5.78 Å². The molecule has 0 N–H and O–H groups in total. The molecule has 0 amide bonds. The molecule has 86 valence electrons. The summed E-state index contributed by atoms with van der Waals surface area (Å²) in [6.07, 6.45) is 3.31. The molecule has 0 aliphatic heterocycles. The predicted molar refractivity (Wildman–Crippen MR) is 72.7 cm³/mol. The van der Waals surface area contributed by atoms with Crippen LogP contribution in [0.4, 0.5) is 0 Å². The molecule has 1 aromatic carbocycles. The minimum absolute atomic E-state index is 0.0288. The molecule has 0 spiro atoms. The van der Waals surface area contributed by atoms with Crippen molar-refractivity contribution in [1.82, 2.24) is 0 Å². The van der Waals surface area contributed by atoms with E-state index in [9.17, 15) is 4.79 Å². The van der Waals surface area contributed by atoms with E-state index in [4.69, 9.17) is 4.74 Å². The van der Waals surface area contributed by atoms with E-state index in [1.807, 2.05) is 19.1 Å². The summed E-state index contributed by atoms with van der Waals surface area (Å²) in [7, 11) is 0. The minimum Gasteiger partial charge on any atom is -0.492 e. The molecule has 16 heavy (non-hydrogen) atoms. The van der Waals surface area contributed by atoms with Crippen molar-refractivity contribution >= 4 is 43.7 Å². The van der Waals surface area contributed by atoms with E-state index in [2.05, 4.69) is 31.9 Å². The molecule has 0 aromatic heterocycles. The molecule has 0 fully saturated rings. The van der Waals surface area contributed by atoms with Crippen LogP contribution in [-0.4, -0.2) is 12.4 Å². The van der Waals surface area contributed by atoms with Crippen LogP contribution < -0.4 is 4.74 Å². The number of ketones is 1. The highest BCUT2D eigenvalue weighted by Gasteiger charge is 2.07. The van der Waals surface area contributed by atoms with Gasteiger partial charge in [0.15, 0.2) is 5.78 Å². The molecule has 1 rings (SSSR count).